The van der Waals surface area contributed by atoms with Crippen LogP contribution in [-0.4, -0.2) is 16.1 Å². The summed E-state index contributed by atoms with van der Waals surface area (Å²) in [6, 6.07) is 5.53. The minimum Gasteiger partial charge on any atom is -0.273 e. The van der Waals surface area contributed by atoms with Crippen LogP contribution in [0.15, 0.2) is 24.3 Å². The molecule has 0 aromatic heterocycles. The highest BCUT2D eigenvalue weighted by molar-refractivity contribution is 6.53. The van der Waals surface area contributed by atoms with E-state index in [2.05, 4.69) is 10.9 Å². The van der Waals surface area contributed by atoms with Crippen molar-refractivity contribution in [3.63, 3.8) is 0 Å². The maximum absolute atomic E-state index is 12.7. The Morgan fingerprint density at radius 1 is 1.25 bits per heavy atom. The van der Waals surface area contributed by atoms with Crippen molar-refractivity contribution in [1.82, 2.24) is 10.9 Å². The third-order valence-electron chi connectivity index (χ3n) is 3.35. The van der Waals surface area contributed by atoms with Crippen molar-refractivity contribution >= 4 is 35.0 Å². The first-order valence-corrected chi connectivity index (χ1v) is 6.72. The van der Waals surface area contributed by atoms with Gasteiger partial charge < -0.3 is 0 Å². The van der Waals surface area contributed by atoms with E-state index in [9.17, 15) is 14.0 Å². The van der Waals surface area contributed by atoms with E-state index in [1.165, 1.54) is 24.3 Å². The van der Waals surface area contributed by atoms with Gasteiger partial charge in [0.25, 0.3) is 0 Å². The molecule has 1 aliphatic carbocycles. The summed E-state index contributed by atoms with van der Waals surface area (Å²) < 4.78 is 11.6. The summed E-state index contributed by atoms with van der Waals surface area (Å²) in [5.74, 6) is -1.22. The zero-order chi connectivity index (χ0) is 15.0. The second-order valence-electron chi connectivity index (χ2n) is 5.02. The van der Waals surface area contributed by atoms with Crippen LogP contribution in [0.4, 0.5) is 4.39 Å². The lowest BCUT2D eigenvalue weighted by molar-refractivity contribution is -0.131. The molecule has 0 heterocycles. The molecular weight excluding hydrogens is 306 g/mol. The molecule has 1 saturated carbocycles. The Kier molecular flexibility index (Phi) is 3.93. The normalized spacial score (nSPS) is 23.0. The maximum Gasteiger partial charge on any atom is 0.247 e. The highest BCUT2D eigenvalue weighted by Crippen LogP contribution is 2.63. The number of alkyl halides is 2. The monoisotopic (exact) mass is 318 g/mol. The largest absolute Gasteiger partial charge is 0.273 e. The summed E-state index contributed by atoms with van der Waals surface area (Å²) in [4.78, 5) is 23.4. The number of rotatable bonds is 3. The third kappa shape index (κ3) is 3.04. The summed E-state index contributed by atoms with van der Waals surface area (Å²) in [6.07, 6.45) is 0.368. The molecule has 0 bridgehead atoms. The minimum atomic E-state index is -1.08. The van der Waals surface area contributed by atoms with Gasteiger partial charge in [0.2, 0.25) is 11.8 Å². The second kappa shape index (κ2) is 5.22. The van der Waals surface area contributed by atoms with Crippen molar-refractivity contribution in [1.29, 1.82) is 0 Å². The standard InChI is InChI=1S/C13H13Cl2FN2O2/c1-12(7-13(12,14)15)11(20)18-17-10(19)6-8-2-4-9(16)5-3-8/h2-5H,6-7H2,1H3,(H,17,19)(H,18,20)/t12-/m0/s1. The number of hydrazine groups is 1. The van der Waals surface area contributed by atoms with Crippen LogP contribution < -0.4 is 10.9 Å². The Hall–Kier alpha value is -1.33. The number of halogens is 3. The van der Waals surface area contributed by atoms with Gasteiger partial charge in [-0.2, -0.15) is 0 Å². The van der Waals surface area contributed by atoms with Crippen LogP contribution in [0.5, 0.6) is 0 Å². The number of hydrogen-bond donors (Lipinski definition) is 2. The molecule has 4 nitrogen and oxygen atoms in total. The van der Waals surface area contributed by atoms with Gasteiger partial charge in [0.15, 0.2) is 0 Å². The molecule has 1 aromatic carbocycles. The Morgan fingerprint density at radius 2 is 1.80 bits per heavy atom. The Balaban J connectivity index is 1.81. The fourth-order valence-electron chi connectivity index (χ4n) is 1.74. The van der Waals surface area contributed by atoms with E-state index in [0.29, 0.717) is 12.0 Å². The van der Waals surface area contributed by atoms with Gasteiger partial charge >= 0.3 is 0 Å². The molecule has 0 spiro atoms. The summed E-state index contributed by atoms with van der Waals surface area (Å²) in [7, 11) is 0. The van der Waals surface area contributed by atoms with Crippen molar-refractivity contribution in [2.75, 3.05) is 0 Å². The molecule has 7 heteroatoms. The molecule has 1 atom stereocenters. The van der Waals surface area contributed by atoms with Crippen LogP contribution in [-0.2, 0) is 16.0 Å². The van der Waals surface area contributed by atoms with E-state index < -0.39 is 21.6 Å². The molecule has 1 aromatic rings. The molecule has 108 valence electrons. The van der Waals surface area contributed by atoms with Crippen molar-refractivity contribution in [2.45, 2.75) is 24.1 Å². The third-order valence-corrected chi connectivity index (χ3v) is 4.45. The SMILES string of the molecule is C[C@@]1(C(=O)NNC(=O)Cc2ccc(F)cc2)CC1(Cl)Cl. The smallest absolute Gasteiger partial charge is 0.247 e. The van der Waals surface area contributed by atoms with Gasteiger partial charge in [-0.05, 0) is 31.0 Å². The first kappa shape index (κ1) is 15.1. The zero-order valence-electron chi connectivity index (χ0n) is 10.7. The number of amides is 2. The number of hydrogen-bond acceptors (Lipinski definition) is 2. The van der Waals surface area contributed by atoms with Crippen molar-refractivity contribution in [3.05, 3.63) is 35.6 Å². The molecule has 0 radical (unpaired) electrons. The fourth-order valence-corrected chi connectivity index (χ4v) is 2.45. The number of carbonyl (C=O) groups is 2. The minimum absolute atomic E-state index is 0.0319. The summed E-state index contributed by atoms with van der Waals surface area (Å²) >= 11 is 11.7. The predicted molar refractivity (Wildman–Crippen MR) is 73.6 cm³/mol. The highest BCUT2D eigenvalue weighted by atomic mass is 35.5. The van der Waals surface area contributed by atoms with Gasteiger partial charge in [-0.3, -0.25) is 20.4 Å². The Morgan fingerprint density at radius 3 is 2.30 bits per heavy atom. The van der Waals surface area contributed by atoms with Crippen molar-refractivity contribution < 1.29 is 14.0 Å². The molecular formula is C13H13Cl2FN2O2. The Labute approximate surface area is 125 Å². The van der Waals surface area contributed by atoms with E-state index in [0.717, 1.165) is 0 Å². The molecule has 2 amide bonds. The lowest BCUT2D eigenvalue weighted by Gasteiger charge is -2.13. The van der Waals surface area contributed by atoms with Gasteiger partial charge in [-0.1, -0.05) is 12.1 Å². The number of carbonyl (C=O) groups excluding carboxylic acids is 2. The van der Waals surface area contributed by atoms with Gasteiger partial charge in [-0.15, -0.1) is 23.2 Å². The van der Waals surface area contributed by atoms with E-state index in [4.69, 9.17) is 23.2 Å². The van der Waals surface area contributed by atoms with Gasteiger partial charge in [0, 0.05) is 0 Å². The van der Waals surface area contributed by atoms with Gasteiger partial charge in [0.1, 0.15) is 10.2 Å². The Bertz CT molecular complexity index is 548. The van der Waals surface area contributed by atoms with Gasteiger partial charge in [-0.25, -0.2) is 4.39 Å². The average molecular weight is 319 g/mol. The molecule has 0 unspecified atom stereocenters. The molecule has 0 saturated heterocycles. The number of nitrogens with one attached hydrogen (secondary N) is 2. The van der Waals surface area contributed by atoms with E-state index >= 15 is 0 Å². The van der Waals surface area contributed by atoms with Gasteiger partial charge in [0.05, 0.1) is 11.8 Å². The quantitative estimate of drug-likeness (QED) is 0.662. The first-order chi connectivity index (χ1) is 9.24. The average Bonchev–Trinajstić information content (AvgIpc) is 2.90. The summed E-state index contributed by atoms with van der Waals surface area (Å²) in [5, 5.41) is 0. The number of benzene rings is 1. The molecule has 1 fully saturated rings. The van der Waals surface area contributed by atoms with Crippen LogP contribution in [0.3, 0.4) is 0 Å². The van der Waals surface area contributed by atoms with Crippen LogP contribution in [0.1, 0.15) is 18.9 Å². The molecule has 20 heavy (non-hydrogen) atoms. The lowest BCUT2D eigenvalue weighted by atomic mass is 10.1. The maximum atomic E-state index is 12.7. The lowest BCUT2D eigenvalue weighted by Crippen LogP contribution is -2.46. The molecule has 2 N–H and O–H groups in total. The molecule has 1 aliphatic rings. The van der Waals surface area contributed by atoms with Crippen LogP contribution in [0, 0.1) is 11.2 Å². The fraction of sp³-hybridized carbons (Fsp3) is 0.385. The van der Waals surface area contributed by atoms with E-state index in [1.807, 2.05) is 0 Å². The molecule has 2 rings (SSSR count). The van der Waals surface area contributed by atoms with Crippen LogP contribution in [0.2, 0.25) is 0 Å². The highest BCUT2D eigenvalue weighted by Gasteiger charge is 2.68. The van der Waals surface area contributed by atoms with E-state index in [1.54, 1.807) is 6.92 Å². The zero-order valence-corrected chi connectivity index (χ0v) is 12.2. The topological polar surface area (TPSA) is 58.2 Å². The van der Waals surface area contributed by atoms with Crippen molar-refractivity contribution in [2.24, 2.45) is 5.41 Å². The molecule has 0 aliphatic heterocycles. The summed E-state index contributed by atoms with van der Waals surface area (Å²) in [5.41, 5.74) is 4.32. The van der Waals surface area contributed by atoms with Crippen molar-refractivity contribution in [3.8, 4) is 0 Å². The summed E-state index contributed by atoms with van der Waals surface area (Å²) in [6.45, 7) is 1.62. The van der Waals surface area contributed by atoms with E-state index in [-0.39, 0.29) is 12.2 Å². The predicted octanol–water partition coefficient (Wildman–Crippen LogP) is 2.10. The van der Waals surface area contributed by atoms with Crippen LogP contribution >= 0.6 is 23.2 Å². The second-order valence-corrected chi connectivity index (χ2v) is 6.50. The first-order valence-electron chi connectivity index (χ1n) is 5.96. The van der Waals surface area contributed by atoms with Crippen LogP contribution in [0.25, 0.3) is 0 Å².